The van der Waals surface area contributed by atoms with Gasteiger partial charge in [-0.1, -0.05) is 41.9 Å². The summed E-state index contributed by atoms with van der Waals surface area (Å²) in [7, 11) is 0. The summed E-state index contributed by atoms with van der Waals surface area (Å²) in [6.07, 6.45) is 2.24. The third-order valence-electron chi connectivity index (χ3n) is 3.83. The van der Waals surface area contributed by atoms with Gasteiger partial charge in [0.25, 0.3) is 5.91 Å². The molecule has 0 saturated heterocycles. The molecule has 1 saturated carbocycles. The highest BCUT2D eigenvalue weighted by molar-refractivity contribution is 6.30. The van der Waals surface area contributed by atoms with Crippen molar-refractivity contribution in [1.29, 1.82) is 0 Å². The standard InChI is InChI=1S/C18H17ClFNO2/c19-15-10-14(8-9-16(15)20)23-11-17(22)21-18(13-6-7-13)12-4-2-1-3-5-12/h1-5,8-10,13,18H,6-7,11H2,(H,21,22)/t18-/m1/s1. The molecule has 23 heavy (non-hydrogen) atoms. The summed E-state index contributed by atoms with van der Waals surface area (Å²) >= 11 is 5.69. The first kappa shape index (κ1) is 15.8. The summed E-state index contributed by atoms with van der Waals surface area (Å²) in [5.41, 5.74) is 1.10. The number of carbonyl (C=O) groups is 1. The highest BCUT2D eigenvalue weighted by Gasteiger charge is 2.33. The lowest BCUT2D eigenvalue weighted by molar-refractivity contribution is -0.124. The lowest BCUT2D eigenvalue weighted by Gasteiger charge is -2.19. The molecule has 1 fully saturated rings. The molecule has 1 aliphatic rings. The average Bonchev–Trinajstić information content (AvgIpc) is 3.39. The molecule has 0 heterocycles. The molecular formula is C18H17ClFNO2. The SMILES string of the molecule is O=C(COc1ccc(F)c(Cl)c1)N[C@H](c1ccccc1)C1CC1. The third kappa shape index (κ3) is 4.23. The topological polar surface area (TPSA) is 38.3 Å². The lowest BCUT2D eigenvalue weighted by atomic mass is 10.0. The van der Waals surface area contributed by atoms with Crippen molar-refractivity contribution in [3.8, 4) is 5.75 Å². The van der Waals surface area contributed by atoms with Gasteiger partial charge in [-0.25, -0.2) is 4.39 Å². The Morgan fingerprint density at radius 3 is 2.65 bits per heavy atom. The van der Waals surface area contributed by atoms with Gasteiger partial charge in [0.15, 0.2) is 6.61 Å². The van der Waals surface area contributed by atoms with Crippen LogP contribution < -0.4 is 10.1 Å². The maximum atomic E-state index is 13.1. The van der Waals surface area contributed by atoms with Crippen molar-refractivity contribution in [3.05, 3.63) is 64.9 Å². The molecule has 1 amide bonds. The summed E-state index contributed by atoms with van der Waals surface area (Å²) in [5.74, 6) is 0.142. The van der Waals surface area contributed by atoms with Crippen LogP contribution in [-0.2, 0) is 4.79 Å². The molecule has 1 atom stereocenters. The molecule has 0 aromatic heterocycles. The second-order valence-electron chi connectivity index (χ2n) is 5.66. The van der Waals surface area contributed by atoms with E-state index in [0.717, 1.165) is 18.4 Å². The minimum absolute atomic E-state index is 0.0177. The van der Waals surface area contributed by atoms with Gasteiger partial charge in [-0.2, -0.15) is 0 Å². The van der Waals surface area contributed by atoms with Crippen LogP contribution >= 0.6 is 11.6 Å². The second kappa shape index (κ2) is 7.01. The number of benzene rings is 2. The Morgan fingerprint density at radius 1 is 1.26 bits per heavy atom. The quantitative estimate of drug-likeness (QED) is 0.863. The van der Waals surface area contributed by atoms with Crippen LogP contribution in [-0.4, -0.2) is 12.5 Å². The normalized spacial score (nSPS) is 15.0. The first-order valence-corrected chi connectivity index (χ1v) is 7.93. The number of hydrogen-bond donors (Lipinski definition) is 1. The van der Waals surface area contributed by atoms with Gasteiger partial charge in [0.2, 0.25) is 0 Å². The van der Waals surface area contributed by atoms with E-state index in [4.69, 9.17) is 16.3 Å². The van der Waals surface area contributed by atoms with E-state index < -0.39 is 5.82 Å². The van der Waals surface area contributed by atoms with Crippen molar-refractivity contribution in [2.24, 2.45) is 5.92 Å². The van der Waals surface area contributed by atoms with Gasteiger partial charge < -0.3 is 10.1 Å². The van der Waals surface area contributed by atoms with Gasteiger partial charge >= 0.3 is 0 Å². The van der Waals surface area contributed by atoms with E-state index in [2.05, 4.69) is 5.32 Å². The Labute approximate surface area is 139 Å². The van der Waals surface area contributed by atoms with Gasteiger partial charge in [-0.05, 0) is 36.5 Å². The lowest BCUT2D eigenvalue weighted by Crippen LogP contribution is -2.33. The number of carbonyl (C=O) groups excluding carboxylic acids is 1. The van der Waals surface area contributed by atoms with Crippen LogP contribution in [0, 0.1) is 11.7 Å². The van der Waals surface area contributed by atoms with Crippen LogP contribution in [0.1, 0.15) is 24.4 Å². The zero-order chi connectivity index (χ0) is 16.2. The van der Waals surface area contributed by atoms with Crippen LogP contribution in [0.2, 0.25) is 5.02 Å². The third-order valence-corrected chi connectivity index (χ3v) is 4.12. The molecule has 1 aliphatic carbocycles. The maximum absolute atomic E-state index is 13.1. The van der Waals surface area contributed by atoms with E-state index in [-0.39, 0.29) is 23.6 Å². The fraction of sp³-hybridized carbons (Fsp3) is 0.278. The van der Waals surface area contributed by atoms with Gasteiger partial charge in [0.05, 0.1) is 11.1 Å². The Kier molecular flexibility index (Phi) is 4.82. The maximum Gasteiger partial charge on any atom is 0.258 e. The first-order valence-electron chi connectivity index (χ1n) is 7.55. The van der Waals surface area contributed by atoms with E-state index in [1.807, 2.05) is 30.3 Å². The molecule has 0 bridgehead atoms. The number of hydrogen-bond acceptors (Lipinski definition) is 2. The van der Waals surface area contributed by atoms with Crippen LogP contribution in [0.3, 0.4) is 0 Å². The van der Waals surface area contributed by atoms with Crippen molar-refractivity contribution in [3.63, 3.8) is 0 Å². The fourth-order valence-corrected chi connectivity index (χ4v) is 2.66. The highest BCUT2D eigenvalue weighted by atomic mass is 35.5. The molecule has 2 aromatic rings. The van der Waals surface area contributed by atoms with Gasteiger partial charge in [0, 0.05) is 6.07 Å². The Balaban J connectivity index is 1.58. The molecule has 120 valence electrons. The molecule has 3 nitrogen and oxygen atoms in total. The Morgan fingerprint density at radius 2 is 2.00 bits per heavy atom. The van der Waals surface area contributed by atoms with Crippen LogP contribution in [0.25, 0.3) is 0 Å². The summed E-state index contributed by atoms with van der Waals surface area (Å²) in [4.78, 5) is 12.1. The summed E-state index contributed by atoms with van der Waals surface area (Å²) < 4.78 is 18.5. The number of halogens is 2. The van der Waals surface area contributed by atoms with Crippen LogP contribution in [0.5, 0.6) is 5.75 Å². The largest absolute Gasteiger partial charge is 0.484 e. The smallest absolute Gasteiger partial charge is 0.258 e. The number of amides is 1. The molecule has 0 radical (unpaired) electrons. The molecule has 0 unspecified atom stereocenters. The Hall–Kier alpha value is -2.07. The number of nitrogens with one attached hydrogen (secondary N) is 1. The number of rotatable bonds is 6. The first-order chi connectivity index (χ1) is 11.1. The predicted molar refractivity (Wildman–Crippen MR) is 87.0 cm³/mol. The van der Waals surface area contributed by atoms with Crippen molar-refractivity contribution in [2.45, 2.75) is 18.9 Å². The van der Waals surface area contributed by atoms with Crippen molar-refractivity contribution < 1.29 is 13.9 Å². The molecule has 0 aliphatic heterocycles. The zero-order valence-electron chi connectivity index (χ0n) is 12.5. The van der Waals surface area contributed by atoms with Gasteiger partial charge in [-0.3, -0.25) is 4.79 Å². The van der Waals surface area contributed by atoms with Gasteiger partial charge in [-0.15, -0.1) is 0 Å². The van der Waals surface area contributed by atoms with E-state index in [1.54, 1.807) is 0 Å². The zero-order valence-corrected chi connectivity index (χ0v) is 13.2. The predicted octanol–water partition coefficient (Wildman–Crippen LogP) is 4.13. The van der Waals surface area contributed by atoms with E-state index >= 15 is 0 Å². The van der Waals surface area contributed by atoms with E-state index in [9.17, 15) is 9.18 Å². The summed E-state index contributed by atoms with van der Waals surface area (Å²) in [6.45, 7) is -0.127. The highest BCUT2D eigenvalue weighted by Crippen LogP contribution is 2.40. The summed E-state index contributed by atoms with van der Waals surface area (Å²) in [5, 5.41) is 3.00. The minimum atomic E-state index is -0.513. The van der Waals surface area contributed by atoms with Crippen molar-refractivity contribution in [1.82, 2.24) is 5.32 Å². The summed E-state index contributed by atoms with van der Waals surface area (Å²) in [6, 6.07) is 14.0. The average molecular weight is 334 g/mol. The molecule has 2 aromatic carbocycles. The molecule has 0 spiro atoms. The van der Waals surface area contributed by atoms with E-state index in [0.29, 0.717) is 11.7 Å². The van der Waals surface area contributed by atoms with Crippen molar-refractivity contribution in [2.75, 3.05) is 6.61 Å². The minimum Gasteiger partial charge on any atom is -0.484 e. The monoisotopic (exact) mass is 333 g/mol. The molecule has 1 N–H and O–H groups in total. The second-order valence-corrected chi connectivity index (χ2v) is 6.07. The van der Waals surface area contributed by atoms with Gasteiger partial charge in [0.1, 0.15) is 11.6 Å². The molecule has 5 heteroatoms. The molecule has 3 rings (SSSR count). The van der Waals surface area contributed by atoms with Crippen LogP contribution in [0.15, 0.2) is 48.5 Å². The number of ether oxygens (including phenoxy) is 1. The molecular weight excluding hydrogens is 317 g/mol. The van der Waals surface area contributed by atoms with Crippen molar-refractivity contribution >= 4 is 17.5 Å². The fourth-order valence-electron chi connectivity index (χ4n) is 2.49. The van der Waals surface area contributed by atoms with E-state index in [1.165, 1.54) is 18.2 Å². The van der Waals surface area contributed by atoms with Crippen LogP contribution in [0.4, 0.5) is 4.39 Å². The Bertz CT molecular complexity index is 689.